The zero-order valence-electron chi connectivity index (χ0n) is 6.94. The van der Waals surface area contributed by atoms with Crippen molar-refractivity contribution in [3.63, 3.8) is 0 Å². The molecule has 1 aromatic rings. The van der Waals surface area contributed by atoms with Crippen LogP contribution in [0.4, 0.5) is 5.69 Å². The second-order valence-corrected chi connectivity index (χ2v) is 2.18. The SMILES string of the molecule is C=NN(N=C)c1cccnc1C. The molecule has 0 N–H and O–H groups in total. The summed E-state index contributed by atoms with van der Waals surface area (Å²) >= 11 is 0. The summed E-state index contributed by atoms with van der Waals surface area (Å²) in [4.78, 5) is 4.08. The Morgan fingerprint density at radius 2 is 2.08 bits per heavy atom. The minimum absolute atomic E-state index is 0.794. The summed E-state index contributed by atoms with van der Waals surface area (Å²) in [7, 11) is 0. The number of hydrazone groups is 2. The topological polar surface area (TPSA) is 40.9 Å². The van der Waals surface area contributed by atoms with E-state index in [-0.39, 0.29) is 0 Å². The second-order valence-electron chi connectivity index (χ2n) is 2.18. The number of aromatic nitrogens is 1. The van der Waals surface area contributed by atoms with Gasteiger partial charge in [0.15, 0.2) is 0 Å². The molecule has 62 valence electrons. The summed E-state index contributed by atoms with van der Waals surface area (Å²) in [6.45, 7) is 8.60. The summed E-state index contributed by atoms with van der Waals surface area (Å²) < 4.78 is 0. The van der Waals surface area contributed by atoms with Gasteiger partial charge in [0, 0.05) is 19.6 Å². The molecule has 0 radical (unpaired) electrons. The Bertz CT molecular complexity index is 287. The van der Waals surface area contributed by atoms with E-state index in [9.17, 15) is 0 Å². The third-order valence-electron chi connectivity index (χ3n) is 1.46. The minimum atomic E-state index is 0.794. The summed E-state index contributed by atoms with van der Waals surface area (Å²) in [5, 5.41) is 8.64. The van der Waals surface area contributed by atoms with Crippen molar-refractivity contribution < 1.29 is 0 Å². The van der Waals surface area contributed by atoms with Crippen molar-refractivity contribution in [3.8, 4) is 0 Å². The van der Waals surface area contributed by atoms with Crippen LogP contribution in [0.2, 0.25) is 0 Å². The fourth-order valence-corrected chi connectivity index (χ4v) is 0.884. The van der Waals surface area contributed by atoms with E-state index in [0.717, 1.165) is 11.4 Å². The number of aryl methyl sites for hydroxylation is 1. The molecule has 0 unspecified atom stereocenters. The quantitative estimate of drug-likeness (QED) is 0.498. The molecule has 0 bridgehead atoms. The van der Waals surface area contributed by atoms with E-state index in [1.807, 2.05) is 19.1 Å². The molecule has 1 aromatic heterocycles. The summed E-state index contributed by atoms with van der Waals surface area (Å²) in [5.41, 5.74) is 1.64. The lowest BCUT2D eigenvalue weighted by Gasteiger charge is -2.12. The molecule has 0 spiro atoms. The van der Waals surface area contributed by atoms with Gasteiger partial charge in [0.05, 0.1) is 5.69 Å². The Morgan fingerprint density at radius 1 is 1.42 bits per heavy atom. The lowest BCUT2D eigenvalue weighted by Crippen LogP contribution is -2.07. The van der Waals surface area contributed by atoms with Gasteiger partial charge in [0.2, 0.25) is 0 Å². The normalized spacial score (nSPS) is 9.08. The highest BCUT2D eigenvalue weighted by atomic mass is 15.7. The molecule has 0 fully saturated rings. The summed E-state index contributed by atoms with van der Waals surface area (Å²) in [5.74, 6) is 0. The number of nitrogens with zero attached hydrogens (tertiary/aromatic N) is 4. The monoisotopic (exact) mass is 162 g/mol. The summed E-state index contributed by atoms with van der Waals surface area (Å²) in [6, 6.07) is 3.66. The standard InChI is InChI=1S/C8H10N4/c1-7-8(5-4-6-11-7)12(9-2)10-3/h4-6H,2-3H2,1H3. The maximum absolute atomic E-state index is 4.08. The van der Waals surface area contributed by atoms with Crippen molar-refractivity contribution in [2.24, 2.45) is 10.2 Å². The number of hydrogen-bond donors (Lipinski definition) is 0. The fourth-order valence-electron chi connectivity index (χ4n) is 0.884. The molecular weight excluding hydrogens is 152 g/mol. The second kappa shape index (κ2) is 3.61. The third kappa shape index (κ3) is 1.47. The number of rotatable bonds is 3. The number of pyridine rings is 1. The van der Waals surface area contributed by atoms with Gasteiger partial charge in [-0.15, -0.1) is 0 Å². The van der Waals surface area contributed by atoms with Crippen molar-refractivity contribution in [1.29, 1.82) is 0 Å². The molecule has 0 saturated carbocycles. The Kier molecular flexibility index (Phi) is 2.53. The highest BCUT2D eigenvalue weighted by Gasteiger charge is 2.03. The van der Waals surface area contributed by atoms with Crippen LogP contribution in [0.15, 0.2) is 28.5 Å². The van der Waals surface area contributed by atoms with Crippen LogP contribution < -0.4 is 5.12 Å². The molecule has 0 saturated heterocycles. The Morgan fingerprint density at radius 3 is 2.58 bits per heavy atom. The lowest BCUT2D eigenvalue weighted by atomic mass is 10.3. The van der Waals surface area contributed by atoms with Crippen LogP contribution in [0, 0.1) is 6.92 Å². The maximum Gasteiger partial charge on any atom is 0.107 e. The Labute approximate surface area is 71.2 Å². The molecule has 0 aliphatic heterocycles. The van der Waals surface area contributed by atoms with E-state index < -0.39 is 0 Å². The molecule has 0 atom stereocenters. The molecule has 4 nitrogen and oxygen atoms in total. The number of anilines is 1. The molecule has 0 aliphatic carbocycles. The van der Waals surface area contributed by atoms with Crippen LogP contribution in [0.1, 0.15) is 5.69 Å². The van der Waals surface area contributed by atoms with Crippen LogP contribution >= 0.6 is 0 Å². The van der Waals surface area contributed by atoms with Gasteiger partial charge in [-0.2, -0.15) is 15.3 Å². The van der Waals surface area contributed by atoms with E-state index in [2.05, 4.69) is 28.6 Å². The van der Waals surface area contributed by atoms with Gasteiger partial charge in [0.25, 0.3) is 0 Å². The summed E-state index contributed by atoms with van der Waals surface area (Å²) in [6.07, 6.45) is 1.71. The first-order valence-electron chi connectivity index (χ1n) is 3.44. The van der Waals surface area contributed by atoms with Crippen LogP contribution in [-0.4, -0.2) is 18.4 Å². The first kappa shape index (κ1) is 8.39. The molecule has 0 aliphatic rings. The Hall–Kier alpha value is -1.71. The molecule has 0 aromatic carbocycles. The van der Waals surface area contributed by atoms with E-state index in [4.69, 9.17) is 0 Å². The van der Waals surface area contributed by atoms with Gasteiger partial charge < -0.3 is 0 Å². The van der Waals surface area contributed by atoms with Crippen LogP contribution in [-0.2, 0) is 0 Å². The predicted molar refractivity (Wildman–Crippen MR) is 50.6 cm³/mol. The maximum atomic E-state index is 4.08. The van der Waals surface area contributed by atoms with Gasteiger partial charge in [-0.05, 0) is 19.1 Å². The highest BCUT2D eigenvalue weighted by Crippen LogP contribution is 2.16. The van der Waals surface area contributed by atoms with Crippen LogP contribution in [0.3, 0.4) is 0 Å². The first-order chi connectivity index (χ1) is 5.79. The van der Waals surface area contributed by atoms with E-state index in [1.54, 1.807) is 6.20 Å². The zero-order valence-corrected chi connectivity index (χ0v) is 6.94. The highest BCUT2D eigenvalue weighted by molar-refractivity contribution is 5.51. The van der Waals surface area contributed by atoms with Crippen LogP contribution in [0.5, 0.6) is 0 Å². The van der Waals surface area contributed by atoms with Crippen molar-refractivity contribution in [3.05, 3.63) is 24.0 Å². The van der Waals surface area contributed by atoms with Gasteiger partial charge in [-0.1, -0.05) is 0 Å². The van der Waals surface area contributed by atoms with Crippen molar-refractivity contribution in [2.45, 2.75) is 6.92 Å². The fraction of sp³-hybridized carbons (Fsp3) is 0.125. The Balaban J connectivity index is 3.08. The van der Waals surface area contributed by atoms with Crippen LogP contribution in [0.25, 0.3) is 0 Å². The third-order valence-corrected chi connectivity index (χ3v) is 1.46. The largest absolute Gasteiger partial charge is 0.259 e. The zero-order chi connectivity index (χ0) is 8.97. The molecule has 1 rings (SSSR count). The molecular formula is C8H10N4. The van der Waals surface area contributed by atoms with E-state index in [1.165, 1.54) is 5.12 Å². The van der Waals surface area contributed by atoms with Gasteiger partial charge >= 0.3 is 0 Å². The minimum Gasteiger partial charge on any atom is -0.259 e. The first-order valence-corrected chi connectivity index (χ1v) is 3.44. The van der Waals surface area contributed by atoms with Gasteiger partial charge in [-0.3, -0.25) is 4.98 Å². The molecule has 12 heavy (non-hydrogen) atoms. The van der Waals surface area contributed by atoms with Gasteiger partial charge in [-0.25, -0.2) is 0 Å². The average molecular weight is 162 g/mol. The molecule has 1 heterocycles. The molecule has 4 heteroatoms. The van der Waals surface area contributed by atoms with E-state index in [0.29, 0.717) is 0 Å². The average Bonchev–Trinajstić information content (AvgIpc) is 2.10. The van der Waals surface area contributed by atoms with Crippen molar-refractivity contribution in [2.75, 3.05) is 5.12 Å². The van der Waals surface area contributed by atoms with Crippen molar-refractivity contribution >= 4 is 19.1 Å². The lowest BCUT2D eigenvalue weighted by molar-refractivity contribution is 0.926. The van der Waals surface area contributed by atoms with Crippen molar-refractivity contribution in [1.82, 2.24) is 4.98 Å². The molecule has 0 amide bonds. The number of hydrogen-bond acceptors (Lipinski definition) is 4. The predicted octanol–water partition coefficient (Wildman–Crippen LogP) is 1.43. The van der Waals surface area contributed by atoms with E-state index >= 15 is 0 Å². The smallest absolute Gasteiger partial charge is 0.107 e. The van der Waals surface area contributed by atoms with Gasteiger partial charge in [0.1, 0.15) is 5.69 Å².